The van der Waals surface area contributed by atoms with Gasteiger partial charge in [-0.2, -0.15) is 0 Å². The fraction of sp³-hybridized carbons (Fsp3) is 0.250. The van der Waals surface area contributed by atoms with Gasteiger partial charge in [-0.05, 0) is 216 Å². The van der Waals surface area contributed by atoms with Gasteiger partial charge in [-0.15, -0.1) is 0 Å². The Hall–Kier alpha value is -11.0. The standard InChI is InChI=1S/C19H24N2O4S.C18H18N2O2.C18H22N2O2.C14H16N2O2S.C11H14BrNO2.C7H6BNO2.CH3ClO2S.Ni/c1-19(2,3)25-18(22)21-17-7-5-6-16(12-17)15-10-8-14(9-11-15)13-20-26(4,23)24;1-18(2,3)22-17(21)20-16-7-5-6-14(12-16)13-8-10-15(19-4)11-9-13;1-18(2,3)22-17(21)20-16-6-4-5-15(11-16)14-9-7-13(12-19)8-10-14;1-19(17,18)16-10-11-5-7-12(8-6-11)13-3-2-4-14(15)9-13;1-11(2,3)15-10(14)13-9-6-4-5-8(12)7-9;1-9-7-4-2-6(3-5-7)8(10)11;1-5(2,3)4;/h5-12,20H,13H2,1-4H3,(H,21,22);5-12H,1-3H3,(H,20,21);4-11H,12,19H2,1-3H3,(H,20,21);2-9,16H,10,15H2,1H3;4-7H,1-3H3,(H,13,14);2-5,10-11H;1H3;. The van der Waals surface area contributed by atoms with Crippen LogP contribution in [0, 0.1) is 13.1 Å². The van der Waals surface area contributed by atoms with Crippen LogP contribution >= 0.6 is 26.6 Å². The van der Waals surface area contributed by atoms with Crippen molar-refractivity contribution in [3.63, 3.8) is 0 Å². The third kappa shape index (κ3) is 47.0. The van der Waals surface area contributed by atoms with E-state index in [-0.39, 0.29) is 23.0 Å². The first-order chi connectivity index (χ1) is 55.8. The molecule has 26 nitrogen and oxygen atoms in total. The molecule has 0 aliphatic carbocycles. The molecule has 12 N–H and O–H groups in total. The van der Waals surface area contributed by atoms with Gasteiger partial charge in [0.2, 0.25) is 29.1 Å². The number of rotatable bonds is 16. The summed E-state index contributed by atoms with van der Waals surface area (Å²) in [5.74, 6) is 0. The van der Waals surface area contributed by atoms with Gasteiger partial charge in [0.15, 0.2) is 11.4 Å². The Morgan fingerprint density at radius 3 is 0.917 bits per heavy atom. The Bertz CT molecular complexity index is 5450. The van der Waals surface area contributed by atoms with Crippen molar-refractivity contribution in [2.45, 2.75) is 125 Å². The number of anilines is 5. The summed E-state index contributed by atoms with van der Waals surface area (Å²) < 4.78 is 89.8. The summed E-state index contributed by atoms with van der Waals surface area (Å²) in [5, 5.41) is 28.2. The second-order valence-corrected chi connectivity index (χ2v) is 37.9. The average molecular weight is 1840 g/mol. The molecule has 0 atom stereocenters. The van der Waals surface area contributed by atoms with Crippen molar-refractivity contribution >= 4 is 132 Å². The smallest absolute Gasteiger partial charge is 0.444 e. The molecule has 0 aliphatic rings. The number of carbonyl (C=O) groups excluding carboxylic acids is 4. The number of ether oxygens (including phenoxy) is 4. The molecule has 0 heterocycles. The van der Waals surface area contributed by atoms with Gasteiger partial charge in [-0.25, -0.2) is 63.6 Å². The number of hydrogen-bond acceptors (Lipinski definition) is 18. The predicted octanol–water partition coefficient (Wildman–Crippen LogP) is 19.0. The third-order valence-corrected chi connectivity index (χ3v) is 16.5. The Kier molecular flexibility index (Phi) is 42.3. The van der Waals surface area contributed by atoms with E-state index in [2.05, 4.69) is 67.0 Å². The van der Waals surface area contributed by atoms with E-state index in [1.54, 1.807) is 42.5 Å². The van der Waals surface area contributed by atoms with Crippen LogP contribution in [0.5, 0.6) is 0 Å². The van der Waals surface area contributed by atoms with Gasteiger partial charge in [0.25, 0.3) is 0 Å². The molecule has 0 fully saturated rings. The van der Waals surface area contributed by atoms with Gasteiger partial charge in [0.1, 0.15) is 22.4 Å². The van der Waals surface area contributed by atoms with Crippen molar-refractivity contribution in [3.05, 3.63) is 287 Å². The molecule has 646 valence electrons. The van der Waals surface area contributed by atoms with Crippen molar-refractivity contribution in [3.8, 4) is 44.5 Å². The van der Waals surface area contributed by atoms with E-state index >= 15 is 0 Å². The van der Waals surface area contributed by atoms with Gasteiger partial charge >= 0.3 is 31.5 Å². The van der Waals surface area contributed by atoms with Crippen LogP contribution in [-0.2, 0) is 84.2 Å². The number of nitrogens with one attached hydrogen (secondary N) is 6. The molecule has 121 heavy (non-hydrogen) atoms. The van der Waals surface area contributed by atoms with Crippen LogP contribution in [-0.4, -0.2) is 108 Å². The second kappa shape index (κ2) is 49.1. The molecular weight excluding hydrogens is 1730 g/mol. The summed E-state index contributed by atoms with van der Waals surface area (Å²) in [6.45, 7) is 36.5. The van der Waals surface area contributed by atoms with Gasteiger partial charge in [-0.1, -0.05) is 192 Å². The summed E-state index contributed by atoms with van der Waals surface area (Å²) in [6.07, 6.45) is 1.32. The zero-order valence-electron chi connectivity index (χ0n) is 69.7. The molecule has 10 aromatic carbocycles. The molecule has 0 bridgehead atoms. The maximum Gasteiger partial charge on any atom is 0.488 e. The fourth-order valence-corrected chi connectivity index (χ4v) is 10.9. The van der Waals surface area contributed by atoms with Crippen LogP contribution < -0.4 is 47.6 Å². The van der Waals surface area contributed by atoms with Crippen LogP contribution in [0.2, 0.25) is 0 Å². The maximum absolute atomic E-state index is 11.9. The minimum absolute atomic E-state index is 0. The normalized spacial score (nSPS) is 10.9. The molecule has 0 aliphatic heterocycles. The third-order valence-electron chi connectivity index (χ3n) is 14.7. The molecule has 10 aromatic rings. The number of amides is 4. The number of sulfonamides is 2. The molecule has 0 unspecified atom stereocenters. The number of halogens is 2. The van der Waals surface area contributed by atoms with Crippen molar-refractivity contribution in [2.24, 2.45) is 5.73 Å². The molecular formula is C88H103BBrClN10NiO16S3. The van der Waals surface area contributed by atoms with E-state index in [0.29, 0.717) is 52.7 Å². The minimum atomic E-state index is -3.22. The van der Waals surface area contributed by atoms with E-state index in [1.165, 1.54) is 12.1 Å². The van der Waals surface area contributed by atoms with E-state index in [9.17, 15) is 44.4 Å². The Morgan fingerprint density at radius 2 is 0.661 bits per heavy atom. The van der Waals surface area contributed by atoms with Crippen LogP contribution in [0.3, 0.4) is 0 Å². The molecule has 0 saturated heterocycles. The maximum atomic E-state index is 11.9. The largest absolute Gasteiger partial charge is 0.488 e. The van der Waals surface area contributed by atoms with Crippen molar-refractivity contribution in [1.82, 2.24) is 9.44 Å². The van der Waals surface area contributed by atoms with E-state index in [4.69, 9.17) is 53.6 Å². The molecule has 33 heteroatoms. The zero-order chi connectivity index (χ0) is 89.8. The fourth-order valence-electron chi connectivity index (χ4n) is 9.64. The summed E-state index contributed by atoms with van der Waals surface area (Å²) in [5.41, 5.74) is 25.1. The molecule has 10 rings (SSSR count). The van der Waals surface area contributed by atoms with E-state index in [0.717, 1.165) is 90.1 Å². The second-order valence-electron chi connectivity index (χ2n) is 30.3. The molecule has 0 aromatic heterocycles. The summed E-state index contributed by atoms with van der Waals surface area (Å²) in [4.78, 5) is 53.4. The molecule has 0 radical (unpaired) electrons. The topological polar surface area (TPSA) is 381 Å². The van der Waals surface area contributed by atoms with Crippen molar-refractivity contribution in [1.29, 1.82) is 0 Å². The first kappa shape index (κ1) is 104. The number of benzene rings is 10. The number of nitrogen functional groups attached to an aromatic ring is 1. The van der Waals surface area contributed by atoms with Crippen molar-refractivity contribution < 1.29 is 89.9 Å². The average Bonchev–Trinajstić information content (AvgIpc) is 0.833. The van der Waals surface area contributed by atoms with Crippen LogP contribution in [0.15, 0.2) is 247 Å². The van der Waals surface area contributed by atoms with E-state index < -0.39 is 83.0 Å². The molecule has 0 saturated carbocycles. The number of nitrogens with zero attached hydrogens (tertiary/aromatic N) is 2. The van der Waals surface area contributed by atoms with E-state index in [1.807, 2.05) is 271 Å². The summed E-state index contributed by atoms with van der Waals surface area (Å²) in [7, 11) is -6.52. The quantitative estimate of drug-likeness (QED) is 0.0141. The Morgan fingerprint density at radius 1 is 0.405 bits per heavy atom. The molecule has 4 amide bonds. The van der Waals surface area contributed by atoms with Crippen LogP contribution in [0.25, 0.3) is 54.2 Å². The van der Waals surface area contributed by atoms with Crippen LogP contribution in [0.1, 0.15) is 99.8 Å². The van der Waals surface area contributed by atoms with Gasteiger partial charge in [0.05, 0.1) is 31.9 Å². The van der Waals surface area contributed by atoms with Gasteiger partial charge in [-0.3, -0.25) is 21.3 Å². The predicted molar refractivity (Wildman–Crippen MR) is 486 cm³/mol. The monoisotopic (exact) mass is 1830 g/mol. The Labute approximate surface area is 734 Å². The number of nitrogens with two attached hydrogens (primary N) is 2. The zero-order valence-corrected chi connectivity index (χ0v) is 75.5. The molecule has 0 spiro atoms. The minimum Gasteiger partial charge on any atom is -0.444 e. The first-order valence-corrected chi connectivity index (χ1v) is 44.1. The first-order valence-electron chi connectivity index (χ1n) is 36.8. The SMILES string of the molecule is CC(C)(C)OC(=O)Nc1cccc(-c2ccc(CN)cc2)c1.CC(C)(C)OC(=O)Nc1cccc(-c2ccc(CNS(C)(=O)=O)cc2)c1.CC(C)(C)OC(=O)Nc1cccc(Br)c1.CS(=O)(=O)Cl.CS(=O)(=O)NCc1ccc(-c2cccc(N)c2)cc1.[C-]#[N+]c1ccc(-c2cccc(NC(=O)OC(C)(C)C)c2)cc1.[C-]#[N+]c1ccc(B(O)O)cc1.[Ni]. The summed E-state index contributed by atoms with van der Waals surface area (Å²) in [6, 6.07) is 74.3. The number of hydrogen-bond donors (Lipinski definition) is 10. The number of carbonyl (C=O) groups is 4. The van der Waals surface area contributed by atoms with Crippen LogP contribution in [0.4, 0.5) is 59.0 Å². The van der Waals surface area contributed by atoms with Gasteiger partial charge in [0, 0.05) is 79.7 Å². The van der Waals surface area contributed by atoms with Crippen molar-refractivity contribution in [2.75, 3.05) is 45.8 Å². The summed E-state index contributed by atoms with van der Waals surface area (Å²) >= 11 is 3.32. The Balaban J connectivity index is 0.000000375. The van der Waals surface area contributed by atoms with Gasteiger partial charge < -0.3 is 40.5 Å².